The Bertz CT molecular complexity index is 412. The Kier molecular flexibility index (Phi) is 3.75. The van der Waals surface area contributed by atoms with Crippen LogP contribution in [0, 0.1) is 5.92 Å². The molecule has 8 heteroatoms. The Labute approximate surface area is 105 Å². The van der Waals surface area contributed by atoms with Gasteiger partial charge in [0.25, 0.3) is 0 Å². The first-order valence-electron chi connectivity index (χ1n) is 5.90. The molecule has 104 valence electrons. The summed E-state index contributed by atoms with van der Waals surface area (Å²) in [7, 11) is -4.67. The van der Waals surface area contributed by atoms with Crippen LogP contribution in [0.5, 0.6) is 0 Å². The van der Waals surface area contributed by atoms with Gasteiger partial charge in [0.05, 0.1) is 12.6 Å². The minimum absolute atomic E-state index is 0.111. The van der Waals surface area contributed by atoms with Gasteiger partial charge in [-0.15, -0.1) is 0 Å². The van der Waals surface area contributed by atoms with Gasteiger partial charge in [0, 0.05) is 18.0 Å². The predicted molar refractivity (Wildman–Crippen MR) is 61.4 cm³/mol. The normalized spacial score (nSPS) is 42.2. The molecule has 0 aromatic heterocycles. The minimum Gasteiger partial charge on any atom is -0.393 e. The molecule has 2 atom stereocenters. The Morgan fingerprint density at radius 3 is 1.89 bits per heavy atom. The number of ketones is 1. The number of carbonyl (C=O) groups excluding carboxylic acids is 1. The number of fused-ring (bicyclic) bond motifs is 1. The minimum atomic E-state index is -4.67. The van der Waals surface area contributed by atoms with Gasteiger partial charge >= 0.3 is 10.4 Å². The van der Waals surface area contributed by atoms with Crippen LogP contribution in [-0.4, -0.2) is 58.0 Å². The molecular formula is C10H17NO6S. The molecule has 4 aliphatic rings. The van der Waals surface area contributed by atoms with Crippen LogP contribution in [0.15, 0.2) is 0 Å². The van der Waals surface area contributed by atoms with E-state index in [1.54, 1.807) is 0 Å². The summed E-state index contributed by atoms with van der Waals surface area (Å²) < 4.78 is 31.6. The van der Waals surface area contributed by atoms with Crippen molar-refractivity contribution in [3.63, 3.8) is 0 Å². The zero-order valence-electron chi connectivity index (χ0n) is 9.77. The second-order valence-electron chi connectivity index (χ2n) is 5.19. The van der Waals surface area contributed by atoms with Crippen molar-refractivity contribution < 1.29 is 27.4 Å². The van der Waals surface area contributed by atoms with E-state index in [0.717, 1.165) is 25.7 Å². The van der Waals surface area contributed by atoms with Gasteiger partial charge in [-0.05, 0) is 25.7 Å². The molecule has 18 heavy (non-hydrogen) atoms. The summed E-state index contributed by atoms with van der Waals surface area (Å²) in [5.74, 6) is 0.761. The molecule has 0 aliphatic carbocycles. The lowest BCUT2D eigenvalue weighted by atomic mass is 9.72. The Morgan fingerprint density at radius 1 is 1.06 bits per heavy atom. The van der Waals surface area contributed by atoms with E-state index in [1.165, 1.54) is 0 Å². The molecule has 4 aliphatic heterocycles. The Balaban J connectivity index is 0.000000209. The number of aliphatic hydroxyl groups excluding tert-OH is 1. The molecule has 0 amide bonds. The average molecular weight is 279 g/mol. The van der Waals surface area contributed by atoms with E-state index >= 15 is 0 Å². The molecule has 4 fully saturated rings. The van der Waals surface area contributed by atoms with E-state index in [9.17, 15) is 9.90 Å². The molecule has 0 saturated carbocycles. The van der Waals surface area contributed by atoms with Crippen molar-refractivity contribution >= 4 is 16.2 Å². The number of hydrogen-bond donors (Lipinski definition) is 3. The summed E-state index contributed by atoms with van der Waals surface area (Å²) >= 11 is 0. The van der Waals surface area contributed by atoms with E-state index < -0.39 is 10.4 Å². The van der Waals surface area contributed by atoms with Crippen molar-refractivity contribution in [1.29, 1.82) is 0 Å². The maximum atomic E-state index is 11.5. The molecular weight excluding hydrogens is 262 g/mol. The quantitative estimate of drug-likeness (QED) is 0.513. The smallest absolute Gasteiger partial charge is 0.393 e. The summed E-state index contributed by atoms with van der Waals surface area (Å²) in [4.78, 5) is 13.8. The maximum Gasteiger partial charge on any atom is 0.394 e. The summed E-state index contributed by atoms with van der Waals surface area (Å²) in [5, 5.41) is 9.60. The fourth-order valence-corrected chi connectivity index (χ4v) is 3.34. The second-order valence-corrected chi connectivity index (χ2v) is 6.08. The van der Waals surface area contributed by atoms with Crippen molar-refractivity contribution in [3.05, 3.63) is 0 Å². The van der Waals surface area contributed by atoms with Crippen molar-refractivity contribution in [2.45, 2.75) is 43.9 Å². The van der Waals surface area contributed by atoms with Gasteiger partial charge in [0.1, 0.15) is 5.78 Å². The number of nitrogens with zero attached hydrogens (tertiary/aromatic N) is 1. The third-order valence-corrected chi connectivity index (χ3v) is 3.93. The van der Waals surface area contributed by atoms with E-state index in [2.05, 4.69) is 4.90 Å². The predicted octanol–water partition coefficient (Wildman–Crippen LogP) is -0.480. The average Bonchev–Trinajstić information content (AvgIpc) is 2.15. The monoisotopic (exact) mass is 279 g/mol. The molecule has 4 heterocycles. The molecule has 0 aromatic carbocycles. The standard InChI is InChI=1S/C10H15NO2.H2O4S/c12-9-3-7-1-6-2-8(4-9)11(7)5-10(6)13;1-5(2,3)4/h6-9,12H,1-5H2;(H2,1,2,3,4)/t6?,7-,8-,9?;/m0./s1. The van der Waals surface area contributed by atoms with Gasteiger partial charge in [-0.2, -0.15) is 8.42 Å². The lowest BCUT2D eigenvalue weighted by molar-refractivity contribution is -0.144. The number of hydrogen-bond acceptors (Lipinski definition) is 5. The van der Waals surface area contributed by atoms with Crippen molar-refractivity contribution in [1.82, 2.24) is 4.90 Å². The molecule has 4 saturated heterocycles. The van der Waals surface area contributed by atoms with Gasteiger partial charge in [-0.25, -0.2) is 0 Å². The van der Waals surface area contributed by atoms with Crippen molar-refractivity contribution in [3.8, 4) is 0 Å². The molecule has 0 unspecified atom stereocenters. The summed E-state index contributed by atoms with van der Waals surface area (Å²) in [6.07, 6.45) is 3.68. The van der Waals surface area contributed by atoms with Crippen LogP contribution >= 0.6 is 0 Å². The van der Waals surface area contributed by atoms with Gasteiger partial charge in [0.15, 0.2) is 0 Å². The lowest BCUT2D eigenvalue weighted by Crippen LogP contribution is -2.62. The summed E-state index contributed by atoms with van der Waals surface area (Å²) in [6.45, 7) is 0.659. The third-order valence-electron chi connectivity index (χ3n) is 3.93. The van der Waals surface area contributed by atoms with Crippen LogP contribution in [0.4, 0.5) is 0 Å². The van der Waals surface area contributed by atoms with E-state index in [4.69, 9.17) is 17.5 Å². The fourth-order valence-electron chi connectivity index (χ4n) is 3.34. The van der Waals surface area contributed by atoms with Gasteiger partial charge in [-0.1, -0.05) is 0 Å². The third kappa shape index (κ3) is 3.27. The first kappa shape index (κ1) is 13.9. The number of aliphatic hydroxyl groups is 1. The Hall–Kier alpha value is -0.540. The molecule has 0 aromatic rings. The topological polar surface area (TPSA) is 115 Å². The number of carbonyl (C=O) groups is 1. The van der Waals surface area contributed by atoms with Crippen LogP contribution in [0.1, 0.15) is 25.7 Å². The van der Waals surface area contributed by atoms with Crippen LogP contribution in [0.25, 0.3) is 0 Å². The van der Waals surface area contributed by atoms with Gasteiger partial charge in [0.2, 0.25) is 0 Å². The van der Waals surface area contributed by atoms with E-state index in [1.807, 2.05) is 0 Å². The number of piperidine rings is 4. The number of rotatable bonds is 0. The van der Waals surface area contributed by atoms with E-state index in [0.29, 0.717) is 30.3 Å². The van der Waals surface area contributed by atoms with Crippen LogP contribution in [-0.2, 0) is 15.2 Å². The highest BCUT2D eigenvalue weighted by molar-refractivity contribution is 7.79. The fraction of sp³-hybridized carbons (Fsp3) is 0.900. The molecule has 0 spiro atoms. The first-order valence-corrected chi connectivity index (χ1v) is 7.30. The molecule has 4 rings (SSSR count). The highest BCUT2D eigenvalue weighted by atomic mass is 32.3. The van der Waals surface area contributed by atoms with Crippen LogP contribution in [0.2, 0.25) is 0 Å². The second kappa shape index (κ2) is 4.86. The van der Waals surface area contributed by atoms with Crippen molar-refractivity contribution in [2.75, 3.05) is 6.54 Å². The molecule has 7 nitrogen and oxygen atoms in total. The highest BCUT2D eigenvalue weighted by Gasteiger charge is 2.48. The first-order chi connectivity index (χ1) is 8.24. The van der Waals surface area contributed by atoms with Gasteiger partial charge in [-0.3, -0.25) is 18.8 Å². The van der Waals surface area contributed by atoms with Crippen molar-refractivity contribution in [2.24, 2.45) is 5.92 Å². The lowest BCUT2D eigenvalue weighted by Gasteiger charge is -2.53. The summed E-state index contributed by atoms with van der Waals surface area (Å²) in [5.41, 5.74) is 0. The van der Waals surface area contributed by atoms with Crippen LogP contribution in [0.3, 0.4) is 0 Å². The van der Waals surface area contributed by atoms with E-state index in [-0.39, 0.29) is 6.10 Å². The van der Waals surface area contributed by atoms with Gasteiger partial charge < -0.3 is 5.11 Å². The molecule has 4 bridgehead atoms. The SMILES string of the molecule is O=C1CN2[C@@H]3CC(O)C[C@@H]2CC1C3.O=S(=O)(O)O. The number of Topliss-reactive ketones (excluding diaryl/α,β-unsaturated/α-hetero) is 1. The largest absolute Gasteiger partial charge is 0.394 e. The zero-order valence-corrected chi connectivity index (χ0v) is 10.6. The molecule has 3 N–H and O–H groups in total. The summed E-state index contributed by atoms with van der Waals surface area (Å²) in [6, 6.07) is 1.01. The zero-order chi connectivity index (χ0) is 13.5. The van der Waals surface area contributed by atoms with Crippen LogP contribution < -0.4 is 0 Å². The highest BCUT2D eigenvalue weighted by Crippen LogP contribution is 2.41. The molecule has 0 radical (unpaired) electrons. The Morgan fingerprint density at radius 2 is 1.50 bits per heavy atom. The maximum absolute atomic E-state index is 11.5.